The average molecular weight is 373 g/mol. The third kappa shape index (κ3) is 4.31. The zero-order chi connectivity index (χ0) is 19.8. The summed E-state index contributed by atoms with van der Waals surface area (Å²) < 4.78 is 20.9. The molecule has 0 radical (unpaired) electrons. The summed E-state index contributed by atoms with van der Waals surface area (Å²) in [4.78, 5) is 18.8. The number of carbonyl (C=O) groups excluding carboxylic acids is 1. The molecule has 1 aromatic heterocycles. The van der Waals surface area contributed by atoms with Crippen molar-refractivity contribution in [3.63, 3.8) is 0 Å². The molecule has 1 aromatic carbocycles. The number of carbonyl (C=O) groups is 1. The van der Waals surface area contributed by atoms with E-state index in [1.165, 1.54) is 12.1 Å². The highest BCUT2D eigenvalue weighted by atomic mass is 19.1. The molecule has 0 unspecified atom stereocenters. The van der Waals surface area contributed by atoms with Crippen LogP contribution < -0.4 is 0 Å². The lowest BCUT2D eigenvalue weighted by Gasteiger charge is -2.34. The van der Waals surface area contributed by atoms with Gasteiger partial charge in [0, 0.05) is 30.4 Å². The Labute approximate surface area is 160 Å². The van der Waals surface area contributed by atoms with Gasteiger partial charge in [0.25, 0.3) is 0 Å². The Morgan fingerprint density at radius 1 is 1.15 bits per heavy atom. The number of piperidine rings is 1. The van der Waals surface area contributed by atoms with Crippen molar-refractivity contribution in [1.29, 1.82) is 0 Å². The van der Waals surface area contributed by atoms with Gasteiger partial charge in [0.05, 0.1) is 5.69 Å². The van der Waals surface area contributed by atoms with E-state index in [9.17, 15) is 9.18 Å². The number of hydrogen-bond donors (Lipinski definition) is 0. The summed E-state index contributed by atoms with van der Waals surface area (Å²) in [6.07, 6.45) is 1.48. The topological polar surface area (TPSA) is 47.4 Å². The molecular weight excluding hydrogens is 345 g/mol. The molecule has 1 aliphatic heterocycles. The molecule has 0 bridgehead atoms. The van der Waals surface area contributed by atoms with E-state index in [-0.39, 0.29) is 11.9 Å². The minimum absolute atomic E-state index is 0.243. The van der Waals surface area contributed by atoms with Gasteiger partial charge in [0.1, 0.15) is 17.2 Å². The van der Waals surface area contributed by atoms with Crippen molar-refractivity contribution in [3.8, 4) is 11.3 Å². The largest absolute Gasteiger partial charge is 0.444 e. The van der Waals surface area contributed by atoms with Gasteiger partial charge in [0.15, 0.2) is 0 Å². The highest BCUT2D eigenvalue weighted by Crippen LogP contribution is 2.31. The van der Waals surface area contributed by atoms with Crippen LogP contribution in [-0.4, -0.2) is 39.2 Å². The Kier molecular flexibility index (Phi) is 5.27. The van der Waals surface area contributed by atoms with Crippen LogP contribution in [0.1, 0.15) is 51.2 Å². The predicted molar refractivity (Wildman–Crippen MR) is 103 cm³/mol. The number of benzene rings is 1. The molecule has 27 heavy (non-hydrogen) atoms. The summed E-state index contributed by atoms with van der Waals surface area (Å²) >= 11 is 0. The smallest absolute Gasteiger partial charge is 0.410 e. The fraction of sp³-hybridized carbons (Fsp3) is 0.524. The molecule has 5 nitrogen and oxygen atoms in total. The third-order valence-electron chi connectivity index (χ3n) is 4.93. The van der Waals surface area contributed by atoms with E-state index < -0.39 is 5.60 Å². The number of ether oxygens (including phenoxy) is 1. The Balaban J connectivity index is 1.73. The highest BCUT2D eigenvalue weighted by Gasteiger charge is 2.29. The molecule has 0 aliphatic carbocycles. The van der Waals surface area contributed by atoms with Crippen molar-refractivity contribution in [2.24, 2.45) is 0 Å². The number of amides is 1. The van der Waals surface area contributed by atoms with Gasteiger partial charge >= 0.3 is 6.09 Å². The minimum atomic E-state index is -0.477. The second kappa shape index (κ2) is 7.33. The van der Waals surface area contributed by atoms with Gasteiger partial charge in [-0.05, 0) is 71.7 Å². The quantitative estimate of drug-likeness (QED) is 0.754. The molecule has 146 valence electrons. The molecule has 0 N–H and O–H groups in total. The van der Waals surface area contributed by atoms with Crippen molar-refractivity contribution in [3.05, 3.63) is 41.6 Å². The SMILES string of the molecule is Cc1nc(-c2ccc(F)cc2)c(C)n1C1CCN(C(=O)OC(C)(C)C)CC1. The summed E-state index contributed by atoms with van der Waals surface area (Å²) in [5, 5.41) is 0. The predicted octanol–water partition coefficient (Wildman–Crippen LogP) is 4.88. The lowest BCUT2D eigenvalue weighted by Crippen LogP contribution is -2.42. The average Bonchev–Trinajstić information content (AvgIpc) is 2.89. The van der Waals surface area contributed by atoms with Crippen molar-refractivity contribution in [1.82, 2.24) is 14.5 Å². The van der Waals surface area contributed by atoms with Crippen LogP contribution in [0.25, 0.3) is 11.3 Å². The number of imidazole rings is 1. The van der Waals surface area contributed by atoms with Crippen molar-refractivity contribution in [2.75, 3.05) is 13.1 Å². The monoisotopic (exact) mass is 373 g/mol. The molecular formula is C21H28FN3O2. The number of aromatic nitrogens is 2. The number of rotatable bonds is 2. The van der Waals surface area contributed by atoms with Gasteiger partial charge < -0.3 is 14.2 Å². The third-order valence-corrected chi connectivity index (χ3v) is 4.93. The van der Waals surface area contributed by atoms with Crippen LogP contribution >= 0.6 is 0 Å². The summed E-state index contributed by atoms with van der Waals surface area (Å²) in [6, 6.07) is 6.75. The fourth-order valence-corrected chi connectivity index (χ4v) is 3.71. The Hall–Kier alpha value is -2.37. The normalized spacial score (nSPS) is 15.9. The molecule has 3 rings (SSSR count). The molecule has 2 aromatic rings. The summed E-state index contributed by atoms with van der Waals surface area (Å²) in [6.45, 7) is 11.0. The fourth-order valence-electron chi connectivity index (χ4n) is 3.71. The van der Waals surface area contributed by atoms with E-state index in [1.807, 2.05) is 27.7 Å². The van der Waals surface area contributed by atoms with E-state index in [0.717, 1.165) is 35.6 Å². The molecule has 0 atom stereocenters. The Morgan fingerprint density at radius 2 is 1.74 bits per heavy atom. The highest BCUT2D eigenvalue weighted by molar-refractivity contribution is 5.68. The zero-order valence-electron chi connectivity index (χ0n) is 16.8. The van der Waals surface area contributed by atoms with Gasteiger partial charge in [-0.1, -0.05) is 0 Å². The lowest BCUT2D eigenvalue weighted by molar-refractivity contribution is 0.0187. The molecule has 1 aliphatic rings. The van der Waals surface area contributed by atoms with E-state index in [1.54, 1.807) is 17.0 Å². The van der Waals surface area contributed by atoms with E-state index in [4.69, 9.17) is 9.72 Å². The van der Waals surface area contributed by atoms with Crippen LogP contribution in [-0.2, 0) is 4.74 Å². The van der Waals surface area contributed by atoms with Crippen LogP contribution in [0.4, 0.5) is 9.18 Å². The van der Waals surface area contributed by atoms with Crippen LogP contribution in [0, 0.1) is 19.7 Å². The second-order valence-electron chi connectivity index (χ2n) is 8.17. The Morgan fingerprint density at radius 3 is 2.30 bits per heavy atom. The van der Waals surface area contributed by atoms with Crippen molar-refractivity contribution in [2.45, 2.75) is 59.1 Å². The number of halogens is 1. The summed E-state index contributed by atoms with van der Waals surface area (Å²) in [5.41, 5.74) is 2.41. The molecule has 1 saturated heterocycles. The first kappa shape index (κ1) is 19.4. The standard InChI is InChI=1S/C21H28FN3O2/c1-14-19(16-6-8-17(22)9-7-16)23-15(2)25(14)18-10-12-24(13-11-18)20(26)27-21(3,4)5/h6-9,18H,10-13H2,1-5H3. The molecule has 0 saturated carbocycles. The van der Waals surface area contributed by atoms with Gasteiger partial charge in [-0.3, -0.25) is 0 Å². The van der Waals surface area contributed by atoms with Crippen molar-refractivity contribution >= 4 is 6.09 Å². The van der Waals surface area contributed by atoms with Crippen LogP contribution in [0.3, 0.4) is 0 Å². The molecule has 1 amide bonds. The van der Waals surface area contributed by atoms with E-state index >= 15 is 0 Å². The van der Waals surface area contributed by atoms with Crippen LogP contribution in [0.2, 0.25) is 0 Å². The number of likely N-dealkylation sites (tertiary alicyclic amines) is 1. The maximum atomic E-state index is 13.2. The number of nitrogens with zero attached hydrogens (tertiary/aromatic N) is 3. The van der Waals surface area contributed by atoms with Gasteiger partial charge in [-0.2, -0.15) is 0 Å². The van der Waals surface area contributed by atoms with Gasteiger partial charge in [-0.15, -0.1) is 0 Å². The first-order valence-corrected chi connectivity index (χ1v) is 9.45. The lowest BCUT2D eigenvalue weighted by atomic mass is 10.0. The van der Waals surface area contributed by atoms with Gasteiger partial charge in [0.2, 0.25) is 0 Å². The molecule has 0 spiro atoms. The second-order valence-corrected chi connectivity index (χ2v) is 8.17. The number of aryl methyl sites for hydroxylation is 1. The zero-order valence-corrected chi connectivity index (χ0v) is 16.8. The van der Waals surface area contributed by atoms with Crippen molar-refractivity contribution < 1.29 is 13.9 Å². The Bertz CT molecular complexity index is 813. The first-order chi connectivity index (χ1) is 12.7. The molecule has 2 heterocycles. The first-order valence-electron chi connectivity index (χ1n) is 9.45. The minimum Gasteiger partial charge on any atom is -0.444 e. The summed E-state index contributed by atoms with van der Waals surface area (Å²) in [7, 11) is 0. The van der Waals surface area contributed by atoms with Crippen LogP contribution in [0.5, 0.6) is 0 Å². The molecule has 6 heteroatoms. The van der Waals surface area contributed by atoms with Crippen LogP contribution in [0.15, 0.2) is 24.3 Å². The van der Waals surface area contributed by atoms with E-state index in [2.05, 4.69) is 11.5 Å². The molecule has 1 fully saturated rings. The van der Waals surface area contributed by atoms with E-state index in [0.29, 0.717) is 19.1 Å². The maximum absolute atomic E-state index is 13.2. The maximum Gasteiger partial charge on any atom is 0.410 e. The number of hydrogen-bond acceptors (Lipinski definition) is 3. The van der Waals surface area contributed by atoms with Gasteiger partial charge in [-0.25, -0.2) is 14.2 Å². The summed E-state index contributed by atoms with van der Waals surface area (Å²) in [5.74, 6) is 0.699.